The van der Waals surface area contributed by atoms with Crippen molar-refractivity contribution in [1.29, 1.82) is 0 Å². The Kier molecular flexibility index (Phi) is 6.32. The number of hydrogen-bond acceptors (Lipinski definition) is 5. The van der Waals surface area contributed by atoms with Crippen molar-refractivity contribution in [2.45, 2.75) is 6.42 Å². The number of rotatable bonds is 6. The highest BCUT2D eigenvalue weighted by Gasteiger charge is 2.28. The topological polar surface area (TPSA) is 77.3 Å². The fourth-order valence-corrected chi connectivity index (χ4v) is 3.47. The predicted octanol–water partition coefficient (Wildman–Crippen LogP) is 5.66. The number of pyridine rings is 1. The maximum Gasteiger partial charge on any atom is 0.239 e. The lowest BCUT2D eigenvalue weighted by atomic mass is 10.0. The van der Waals surface area contributed by atoms with Crippen molar-refractivity contribution in [3.8, 4) is 28.1 Å². The standard InChI is InChI=1S/C23H15ClF3N3O3/c1-32-22-19(26)14(11-16(25)20(22)27)21-18(12-6-8-28-9-7-12)23(33-30-21)29-17(31)10-13-4-2-3-5-15(13)24/h2-9,11H,10H2,1H3,(H,29,31). The largest absolute Gasteiger partial charge is 0.491 e. The second-order valence-electron chi connectivity index (χ2n) is 6.85. The van der Waals surface area contributed by atoms with Crippen LogP contribution in [0.25, 0.3) is 22.4 Å². The molecule has 10 heteroatoms. The predicted molar refractivity (Wildman–Crippen MR) is 115 cm³/mol. The van der Waals surface area contributed by atoms with Gasteiger partial charge in [-0.3, -0.25) is 15.1 Å². The van der Waals surface area contributed by atoms with Crippen molar-refractivity contribution in [2.75, 3.05) is 12.4 Å². The van der Waals surface area contributed by atoms with Gasteiger partial charge in [0.05, 0.1) is 19.1 Å². The highest BCUT2D eigenvalue weighted by molar-refractivity contribution is 6.31. The first-order valence-corrected chi connectivity index (χ1v) is 9.93. The van der Waals surface area contributed by atoms with Crippen LogP contribution in [-0.2, 0) is 11.2 Å². The van der Waals surface area contributed by atoms with Gasteiger partial charge < -0.3 is 9.26 Å². The van der Waals surface area contributed by atoms with E-state index in [9.17, 15) is 18.0 Å². The molecule has 0 aliphatic rings. The molecule has 0 bridgehead atoms. The van der Waals surface area contributed by atoms with Crippen LogP contribution in [0.5, 0.6) is 5.75 Å². The summed E-state index contributed by atoms with van der Waals surface area (Å²) in [5.41, 5.74) is 0.601. The summed E-state index contributed by atoms with van der Waals surface area (Å²) in [5.74, 6) is -5.48. The maximum atomic E-state index is 15.0. The SMILES string of the molecule is COc1c(F)c(F)cc(-c2noc(NC(=O)Cc3ccccc3Cl)c2-c2ccncc2)c1F. The van der Waals surface area contributed by atoms with Gasteiger partial charge in [-0.15, -0.1) is 0 Å². The van der Waals surface area contributed by atoms with E-state index < -0.39 is 34.7 Å². The van der Waals surface area contributed by atoms with Crippen LogP contribution in [0.1, 0.15) is 5.56 Å². The zero-order chi connectivity index (χ0) is 23.5. The van der Waals surface area contributed by atoms with Crippen LogP contribution in [0, 0.1) is 17.5 Å². The molecule has 33 heavy (non-hydrogen) atoms. The third kappa shape index (κ3) is 4.40. The molecule has 2 aromatic heterocycles. The maximum absolute atomic E-state index is 15.0. The third-order valence-corrected chi connectivity index (χ3v) is 5.17. The highest BCUT2D eigenvalue weighted by atomic mass is 35.5. The lowest BCUT2D eigenvalue weighted by Gasteiger charge is -2.10. The number of aromatic nitrogens is 2. The lowest BCUT2D eigenvalue weighted by molar-refractivity contribution is -0.115. The molecular formula is C23H15ClF3N3O3. The molecule has 0 spiro atoms. The minimum atomic E-state index is -1.47. The zero-order valence-corrected chi connectivity index (χ0v) is 17.8. The van der Waals surface area contributed by atoms with Crippen molar-refractivity contribution in [1.82, 2.24) is 10.1 Å². The average Bonchev–Trinajstić information content (AvgIpc) is 3.22. The first-order chi connectivity index (χ1) is 15.9. The number of benzene rings is 2. The van der Waals surface area contributed by atoms with Gasteiger partial charge in [-0.05, 0) is 35.4 Å². The molecule has 6 nitrogen and oxygen atoms in total. The fraction of sp³-hybridized carbons (Fsp3) is 0.0870. The normalized spacial score (nSPS) is 10.8. The Morgan fingerprint density at radius 1 is 1.12 bits per heavy atom. The lowest BCUT2D eigenvalue weighted by Crippen LogP contribution is -2.14. The second kappa shape index (κ2) is 9.33. The van der Waals surface area contributed by atoms with Crippen molar-refractivity contribution >= 4 is 23.4 Å². The van der Waals surface area contributed by atoms with Gasteiger partial charge in [-0.2, -0.15) is 4.39 Å². The fourth-order valence-electron chi connectivity index (χ4n) is 3.26. The summed E-state index contributed by atoms with van der Waals surface area (Å²) in [7, 11) is 1.01. The van der Waals surface area contributed by atoms with Gasteiger partial charge >= 0.3 is 0 Å². The number of amides is 1. The van der Waals surface area contributed by atoms with E-state index in [4.69, 9.17) is 16.1 Å². The summed E-state index contributed by atoms with van der Waals surface area (Å²) in [4.78, 5) is 16.6. The molecule has 0 aliphatic heterocycles. The Morgan fingerprint density at radius 2 is 1.85 bits per heavy atom. The van der Waals surface area contributed by atoms with E-state index in [0.29, 0.717) is 22.2 Å². The quantitative estimate of drug-likeness (QED) is 0.365. The molecule has 0 aliphatic carbocycles. The van der Waals surface area contributed by atoms with Crippen LogP contribution in [0.3, 0.4) is 0 Å². The highest BCUT2D eigenvalue weighted by Crippen LogP contribution is 2.41. The van der Waals surface area contributed by atoms with E-state index in [2.05, 4.69) is 20.2 Å². The molecule has 0 fully saturated rings. The molecule has 0 saturated carbocycles. The summed E-state index contributed by atoms with van der Waals surface area (Å²) in [6.45, 7) is 0. The van der Waals surface area contributed by atoms with E-state index in [0.717, 1.165) is 7.11 Å². The summed E-state index contributed by atoms with van der Waals surface area (Å²) >= 11 is 6.11. The Bertz CT molecular complexity index is 1330. The van der Waals surface area contributed by atoms with E-state index in [1.54, 1.807) is 36.4 Å². The van der Waals surface area contributed by atoms with E-state index in [-0.39, 0.29) is 23.6 Å². The molecule has 168 valence electrons. The number of methoxy groups -OCH3 is 1. The monoisotopic (exact) mass is 473 g/mol. The molecule has 0 atom stereocenters. The summed E-state index contributed by atoms with van der Waals surface area (Å²) in [5, 5.41) is 6.82. The van der Waals surface area contributed by atoms with Crippen LogP contribution >= 0.6 is 11.6 Å². The van der Waals surface area contributed by atoms with E-state index >= 15 is 0 Å². The second-order valence-corrected chi connectivity index (χ2v) is 7.26. The number of nitrogens with zero attached hydrogens (tertiary/aromatic N) is 2. The van der Waals surface area contributed by atoms with Crippen LogP contribution in [0.4, 0.5) is 19.1 Å². The van der Waals surface area contributed by atoms with Gasteiger partial charge in [0, 0.05) is 23.0 Å². The number of carbonyl (C=O) groups is 1. The molecule has 4 rings (SSSR count). The van der Waals surface area contributed by atoms with Gasteiger partial charge in [0.15, 0.2) is 17.4 Å². The van der Waals surface area contributed by atoms with Crippen LogP contribution in [-0.4, -0.2) is 23.2 Å². The molecule has 0 unspecified atom stereocenters. The van der Waals surface area contributed by atoms with Crippen molar-refractivity contribution in [3.63, 3.8) is 0 Å². The zero-order valence-electron chi connectivity index (χ0n) is 17.0. The third-order valence-electron chi connectivity index (χ3n) is 4.80. The smallest absolute Gasteiger partial charge is 0.239 e. The Morgan fingerprint density at radius 3 is 2.55 bits per heavy atom. The molecule has 2 aromatic carbocycles. The number of hydrogen-bond donors (Lipinski definition) is 1. The molecule has 0 saturated heterocycles. The van der Waals surface area contributed by atoms with E-state index in [1.165, 1.54) is 12.4 Å². The Labute approximate surface area is 191 Å². The number of halogens is 4. The molecule has 2 heterocycles. The molecule has 1 amide bonds. The van der Waals surface area contributed by atoms with Gasteiger partial charge in [0.1, 0.15) is 5.69 Å². The van der Waals surface area contributed by atoms with Crippen LogP contribution < -0.4 is 10.1 Å². The van der Waals surface area contributed by atoms with Crippen molar-refractivity contribution in [2.24, 2.45) is 0 Å². The number of nitrogens with one attached hydrogen (secondary N) is 1. The van der Waals surface area contributed by atoms with Crippen molar-refractivity contribution in [3.05, 3.63) is 82.9 Å². The van der Waals surface area contributed by atoms with Crippen LogP contribution in [0.15, 0.2) is 59.4 Å². The minimum absolute atomic E-state index is 0.0706. The van der Waals surface area contributed by atoms with Gasteiger partial charge in [-0.25, -0.2) is 8.78 Å². The number of anilines is 1. The van der Waals surface area contributed by atoms with Gasteiger partial charge in [0.2, 0.25) is 17.6 Å². The van der Waals surface area contributed by atoms with Crippen molar-refractivity contribution < 1.29 is 27.2 Å². The molecule has 1 N–H and O–H groups in total. The molecule has 4 aromatic rings. The number of ether oxygens (including phenoxy) is 1. The number of carbonyl (C=O) groups excluding carboxylic acids is 1. The van der Waals surface area contributed by atoms with E-state index in [1.807, 2.05) is 0 Å². The van der Waals surface area contributed by atoms with Gasteiger partial charge in [-0.1, -0.05) is 35.0 Å². The minimum Gasteiger partial charge on any atom is -0.491 e. The molecular weight excluding hydrogens is 459 g/mol. The first-order valence-electron chi connectivity index (χ1n) is 9.55. The molecule has 0 radical (unpaired) electrons. The van der Waals surface area contributed by atoms with Gasteiger partial charge in [0.25, 0.3) is 0 Å². The average molecular weight is 474 g/mol. The van der Waals surface area contributed by atoms with Crippen LogP contribution in [0.2, 0.25) is 5.02 Å². The Hall–Kier alpha value is -3.85. The first kappa shape index (κ1) is 22.3. The Balaban J connectivity index is 1.79. The summed E-state index contributed by atoms with van der Waals surface area (Å²) < 4.78 is 53.0. The summed E-state index contributed by atoms with van der Waals surface area (Å²) in [6.07, 6.45) is 2.85. The summed E-state index contributed by atoms with van der Waals surface area (Å²) in [6, 6.07) is 10.6.